The molecule has 0 spiro atoms. The summed E-state index contributed by atoms with van der Waals surface area (Å²) in [6, 6.07) is 0. The topological polar surface area (TPSA) is 55.2 Å². The molecule has 0 amide bonds. The summed E-state index contributed by atoms with van der Waals surface area (Å²) in [5.41, 5.74) is 1.68. The zero-order valence-electron chi connectivity index (χ0n) is 12.2. The Morgan fingerprint density at radius 3 is 2.60 bits per heavy atom. The van der Waals surface area contributed by atoms with Crippen molar-refractivity contribution >= 4 is 11.6 Å². The molecular formula is C15H21N3O2. The minimum absolute atomic E-state index is 0.0437. The average molecular weight is 275 g/mol. The summed E-state index contributed by atoms with van der Waals surface area (Å²) in [4.78, 5) is 30.1. The number of fused-ring (bicyclic) bond motifs is 1. The predicted molar refractivity (Wildman–Crippen MR) is 74.8 cm³/mol. The van der Waals surface area contributed by atoms with E-state index < -0.39 is 0 Å². The Labute approximate surface area is 119 Å². The van der Waals surface area contributed by atoms with Gasteiger partial charge in [-0.3, -0.25) is 14.5 Å². The van der Waals surface area contributed by atoms with Gasteiger partial charge in [0.25, 0.3) is 0 Å². The molecule has 0 radical (unpaired) electrons. The van der Waals surface area contributed by atoms with Crippen molar-refractivity contribution < 1.29 is 9.59 Å². The van der Waals surface area contributed by atoms with Crippen LogP contribution in [-0.2, 0) is 17.9 Å². The highest BCUT2D eigenvalue weighted by atomic mass is 16.1. The van der Waals surface area contributed by atoms with Crippen LogP contribution >= 0.6 is 0 Å². The van der Waals surface area contributed by atoms with E-state index in [1.165, 1.54) is 0 Å². The van der Waals surface area contributed by atoms with Gasteiger partial charge in [-0.05, 0) is 19.9 Å². The fraction of sp³-hybridized carbons (Fsp3) is 0.667. The number of imidazole rings is 1. The minimum Gasteiger partial charge on any atom is -0.329 e. The first-order valence-corrected chi connectivity index (χ1v) is 7.36. The highest BCUT2D eigenvalue weighted by Gasteiger charge is 2.30. The smallest absolute Gasteiger partial charge is 0.180 e. The lowest BCUT2D eigenvalue weighted by molar-refractivity contribution is -0.120. The number of rotatable bonds is 2. The molecule has 0 atom stereocenters. The van der Waals surface area contributed by atoms with E-state index in [2.05, 4.69) is 21.5 Å². The number of likely N-dealkylation sites (N-methyl/N-ethyl adjacent to an activating group) is 1. The number of aromatic nitrogens is 2. The van der Waals surface area contributed by atoms with Gasteiger partial charge in [0.05, 0.1) is 5.69 Å². The van der Waals surface area contributed by atoms with E-state index in [1.54, 1.807) is 6.92 Å². The molecule has 3 rings (SSSR count). The molecule has 0 N–H and O–H groups in total. The maximum atomic E-state index is 11.8. The Kier molecular flexibility index (Phi) is 3.46. The van der Waals surface area contributed by atoms with Gasteiger partial charge < -0.3 is 4.57 Å². The van der Waals surface area contributed by atoms with Crippen LogP contribution < -0.4 is 0 Å². The van der Waals surface area contributed by atoms with E-state index in [0.717, 1.165) is 44.0 Å². The van der Waals surface area contributed by atoms with Crippen LogP contribution in [0.25, 0.3) is 0 Å². The largest absolute Gasteiger partial charge is 0.329 e. The van der Waals surface area contributed by atoms with Gasteiger partial charge in [0, 0.05) is 45.3 Å². The Hall–Kier alpha value is -1.49. The molecule has 5 nitrogen and oxygen atoms in total. The third kappa shape index (κ3) is 2.30. The maximum Gasteiger partial charge on any atom is 0.180 e. The number of ketones is 2. The van der Waals surface area contributed by atoms with E-state index in [-0.39, 0.29) is 5.78 Å². The van der Waals surface area contributed by atoms with Gasteiger partial charge >= 0.3 is 0 Å². The van der Waals surface area contributed by atoms with Crippen LogP contribution in [0.15, 0.2) is 0 Å². The first-order valence-electron chi connectivity index (χ1n) is 7.36. The highest BCUT2D eigenvalue weighted by Crippen LogP contribution is 2.33. The fourth-order valence-electron chi connectivity index (χ4n) is 3.31. The number of hydrogen-bond acceptors (Lipinski definition) is 4. The lowest BCUT2D eigenvalue weighted by atomic mass is 9.88. The summed E-state index contributed by atoms with van der Waals surface area (Å²) >= 11 is 0. The summed E-state index contributed by atoms with van der Waals surface area (Å²) in [6.45, 7) is 4.25. The zero-order chi connectivity index (χ0) is 14.3. The molecule has 5 heteroatoms. The summed E-state index contributed by atoms with van der Waals surface area (Å²) in [5.74, 6) is 1.77. The van der Waals surface area contributed by atoms with E-state index in [1.807, 2.05) is 0 Å². The van der Waals surface area contributed by atoms with E-state index in [9.17, 15) is 9.59 Å². The van der Waals surface area contributed by atoms with Crippen LogP contribution in [0.2, 0.25) is 0 Å². The third-order valence-electron chi connectivity index (χ3n) is 4.47. The molecule has 1 aliphatic carbocycles. The lowest BCUT2D eigenvalue weighted by Crippen LogP contribution is -2.32. The Bertz CT molecular complexity index is 552. The van der Waals surface area contributed by atoms with Gasteiger partial charge in [-0.1, -0.05) is 0 Å². The monoisotopic (exact) mass is 275 g/mol. The highest BCUT2D eigenvalue weighted by molar-refractivity contribution is 5.93. The Morgan fingerprint density at radius 1 is 1.25 bits per heavy atom. The van der Waals surface area contributed by atoms with Gasteiger partial charge in [-0.25, -0.2) is 4.98 Å². The molecule has 0 unspecified atom stereocenters. The van der Waals surface area contributed by atoms with Crippen LogP contribution in [0.3, 0.4) is 0 Å². The summed E-state index contributed by atoms with van der Waals surface area (Å²) in [7, 11) is 2.07. The zero-order valence-corrected chi connectivity index (χ0v) is 12.2. The number of nitrogens with zero attached hydrogens (tertiary/aromatic N) is 3. The fourth-order valence-corrected chi connectivity index (χ4v) is 3.31. The summed E-state index contributed by atoms with van der Waals surface area (Å²) in [5, 5.41) is 0. The molecule has 2 aliphatic rings. The first kappa shape index (κ1) is 13.5. The second-order valence-corrected chi connectivity index (χ2v) is 6.02. The van der Waals surface area contributed by atoms with Gasteiger partial charge in [-0.2, -0.15) is 0 Å². The van der Waals surface area contributed by atoms with Gasteiger partial charge in [0.15, 0.2) is 5.78 Å². The van der Waals surface area contributed by atoms with Crippen molar-refractivity contribution in [1.82, 2.24) is 14.5 Å². The molecular weight excluding hydrogens is 254 g/mol. The average Bonchev–Trinajstić information content (AvgIpc) is 2.78. The minimum atomic E-state index is 0.0437. The normalized spacial score (nSPS) is 21.0. The maximum absolute atomic E-state index is 11.8. The van der Waals surface area contributed by atoms with Crippen molar-refractivity contribution in [1.29, 1.82) is 0 Å². The summed E-state index contributed by atoms with van der Waals surface area (Å²) in [6.07, 6.45) is 3.06. The summed E-state index contributed by atoms with van der Waals surface area (Å²) < 4.78 is 2.23. The third-order valence-corrected chi connectivity index (χ3v) is 4.47. The molecule has 20 heavy (non-hydrogen) atoms. The molecule has 0 saturated heterocycles. The molecule has 2 heterocycles. The van der Waals surface area contributed by atoms with E-state index in [0.29, 0.717) is 30.2 Å². The van der Waals surface area contributed by atoms with Crippen molar-refractivity contribution in [3.63, 3.8) is 0 Å². The second kappa shape index (κ2) is 5.13. The van der Waals surface area contributed by atoms with Crippen molar-refractivity contribution in [3.8, 4) is 0 Å². The van der Waals surface area contributed by atoms with Crippen LogP contribution in [0.1, 0.15) is 60.5 Å². The van der Waals surface area contributed by atoms with Crippen molar-refractivity contribution in [2.75, 3.05) is 13.6 Å². The van der Waals surface area contributed by atoms with E-state index >= 15 is 0 Å². The Morgan fingerprint density at radius 2 is 1.95 bits per heavy atom. The lowest BCUT2D eigenvalue weighted by Gasteiger charge is -2.28. The number of carbonyl (C=O) groups excluding carboxylic acids is 2. The molecule has 1 aromatic rings. The standard InChI is InChI=1S/C15H21N3O2/c1-10(19)14-13-9-17(2)7-8-18(13)15(16-14)11-3-5-12(20)6-4-11/h11H,3-9H2,1-2H3. The molecule has 1 saturated carbocycles. The predicted octanol–water partition coefficient (Wildman–Crippen LogP) is 1.76. The van der Waals surface area contributed by atoms with Crippen molar-refractivity contribution in [3.05, 3.63) is 17.2 Å². The molecule has 1 aromatic heterocycles. The van der Waals surface area contributed by atoms with Crippen molar-refractivity contribution in [2.45, 2.75) is 51.6 Å². The molecule has 1 aliphatic heterocycles. The molecule has 0 bridgehead atoms. The quantitative estimate of drug-likeness (QED) is 0.772. The molecule has 1 fully saturated rings. The molecule has 0 aromatic carbocycles. The SMILES string of the molecule is CC(=O)c1nc(C2CCC(=O)CC2)n2c1CN(C)CC2. The van der Waals surface area contributed by atoms with Gasteiger partial charge in [-0.15, -0.1) is 0 Å². The van der Waals surface area contributed by atoms with Gasteiger partial charge in [0.1, 0.15) is 17.3 Å². The van der Waals surface area contributed by atoms with Crippen LogP contribution in [0.4, 0.5) is 0 Å². The van der Waals surface area contributed by atoms with Crippen LogP contribution in [0.5, 0.6) is 0 Å². The van der Waals surface area contributed by atoms with E-state index in [4.69, 9.17) is 0 Å². The second-order valence-electron chi connectivity index (χ2n) is 6.02. The number of carbonyl (C=O) groups is 2. The van der Waals surface area contributed by atoms with Gasteiger partial charge in [0.2, 0.25) is 0 Å². The van der Waals surface area contributed by atoms with Crippen LogP contribution in [-0.4, -0.2) is 39.6 Å². The van der Waals surface area contributed by atoms with Crippen LogP contribution in [0, 0.1) is 0 Å². The number of hydrogen-bond donors (Lipinski definition) is 0. The molecule has 108 valence electrons. The first-order chi connectivity index (χ1) is 9.56. The van der Waals surface area contributed by atoms with Crippen molar-refractivity contribution in [2.24, 2.45) is 0 Å². The Balaban J connectivity index is 1.97. The number of Topliss-reactive ketones (excluding diaryl/α,β-unsaturated/α-hetero) is 2.